The first kappa shape index (κ1) is 21.7. The van der Waals surface area contributed by atoms with Crippen LogP contribution in [-0.2, 0) is 21.1 Å². The zero-order chi connectivity index (χ0) is 22.2. The van der Waals surface area contributed by atoms with Gasteiger partial charge in [-0.15, -0.1) is 0 Å². The van der Waals surface area contributed by atoms with E-state index in [4.69, 9.17) is 5.63 Å². The van der Waals surface area contributed by atoms with Gasteiger partial charge in [0, 0.05) is 0 Å². The Balaban J connectivity index is 1.87. The van der Waals surface area contributed by atoms with Gasteiger partial charge in [0.25, 0.3) is 0 Å². The number of rotatable bonds is 6. The Kier molecular flexibility index (Phi) is 5.97. The molecule has 0 heterocycles. The molecule has 160 valence electrons. The Labute approximate surface area is 179 Å². The topological polar surface area (TPSA) is 18.5 Å². The fraction of sp³-hybridized carbons (Fsp3) is 0.0909. The van der Waals surface area contributed by atoms with Gasteiger partial charge in [-0.2, -0.15) is 0 Å². The molecule has 0 amide bonds. The molecule has 2 nitrogen and oxygen atoms in total. The van der Waals surface area contributed by atoms with E-state index in [1.807, 2.05) is 0 Å². The molecule has 0 aromatic heterocycles. The Hall–Kier alpha value is -2.54. The fourth-order valence-electron chi connectivity index (χ4n) is 3.36. The molecule has 31 heavy (non-hydrogen) atoms. The standard InChI is InChI=1S/2C6H3F3O.2C5H5.Zr/c2*7-3-1-2-4(10)6(9)5(3)8;2*1-2-4-5-3-1;/h2*1-2,10H;2*1-3H,4H2;/q;;;;+2/p-2. The molecule has 0 unspecified atom stereocenters. The first-order valence-corrected chi connectivity index (χ1v) is 13.7. The molecular weight excluding hydrogens is 501 g/mol. The number of hydrogen-bond acceptors (Lipinski definition) is 2. The van der Waals surface area contributed by atoms with Crippen molar-refractivity contribution in [2.24, 2.45) is 0 Å². The van der Waals surface area contributed by atoms with Crippen LogP contribution in [0.2, 0.25) is 0 Å². The van der Waals surface area contributed by atoms with Crippen LogP contribution in [0.25, 0.3) is 0 Å². The molecule has 4 rings (SSSR count). The van der Waals surface area contributed by atoms with Crippen LogP contribution in [0.3, 0.4) is 0 Å². The van der Waals surface area contributed by atoms with Crippen LogP contribution in [0.5, 0.6) is 11.5 Å². The van der Waals surface area contributed by atoms with E-state index in [0.29, 0.717) is 31.5 Å². The van der Waals surface area contributed by atoms with Gasteiger partial charge in [-0.05, 0) is 0 Å². The van der Waals surface area contributed by atoms with E-state index in [1.165, 1.54) is 0 Å². The van der Waals surface area contributed by atoms with Crippen molar-refractivity contribution in [3.8, 4) is 11.5 Å². The van der Waals surface area contributed by atoms with Gasteiger partial charge in [-0.25, -0.2) is 0 Å². The van der Waals surface area contributed by atoms with E-state index in [2.05, 4.69) is 0 Å². The summed E-state index contributed by atoms with van der Waals surface area (Å²) in [6.07, 6.45) is 10.9. The second kappa shape index (κ2) is 8.54. The predicted molar refractivity (Wildman–Crippen MR) is 97.6 cm³/mol. The zero-order valence-corrected chi connectivity index (χ0v) is 18.2. The van der Waals surface area contributed by atoms with Crippen LogP contribution in [-0.4, -0.2) is 0 Å². The maximum absolute atomic E-state index is 14.5. The van der Waals surface area contributed by atoms with E-state index < -0.39 is 67.5 Å². The summed E-state index contributed by atoms with van der Waals surface area (Å²) in [5, 5.41) is 0. The molecule has 0 spiro atoms. The summed E-state index contributed by atoms with van der Waals surface area (Å²) in [5.41, 5.74) is 0. The van der Waals surface area contributed by atoms with Gasteiger partial charge in [0.1, 0.15) is 0 Å². The quantitative estimate of drug-likeness (QED) is 0.317. The van der Waals surface area contributed by atoms with Crippen molar-refractivity contribution in [2.75, 3.05) is 0 Å². The molecular formula is C22H14F6O2Zr. The summed E-state index contributed by atoms with van der Waals surface area (Å²) >= 11 is -5.03. The van der Waals surface area contributed by atoms with E-state index in [9.17, 15) is 26.3 Å². The molecule has 0 saturated heterocycles. The number of benzene rings is 2. The van der Waals surface area contributed by atoms with Gasteiger partial charge in [-0.3, -0.25) is 0 Å². The molecule has 0 atom stereocenters. The summed E-state index contributed by atoms with van der Waals surface area (Å²) in [4.78, 5) is 0. The third-order valence-electron chi connectivity index (χ3n) is 4.89. The average Bonchev–Trinajstić information content (AvgIpc) is 3.48. The van der Waals surface area contributed by atoms with Crippen LogP contribution in [0.1, 0.15) is 12.8 Å². The fourth-order valence-corrected chi connectivity index (χ4v) is 11.5. The first-order valence-electron chi connectivity index (χ1n) is 9.21. The molecule has 0 aliphatic heterocycles. The molecule has 2 aliphatic rings. The van der Waals surface area contributed by atoms with Crippen LogP contribution in [0.4, 0.5) is 26.3 Å². The summed E-state index contributed by atoms with van der Waals surface area (Å²) in [6.45, 7) is 0. The predicted octanol–water partition coefficient (Wildman–Crippen LogP) is 6.65. The Morgan fingerprint density at radius 3 is 1.35 bits per heavy atom. The molecule has 0 bridgehead atoms. The normalized spacial score (nSPS) is 15.3. The van der Waals surface area contributed by atoms with Gasteiger partial charge < -0.3 is 0 Å². The molecule has 2 aliphatic carbocycles. The molecule has 9 heteroatoms. The van der Waals surface area contributed by atoms with Crippen molar-refractivity contribution in [3.63, 3.8) is 0 Å². The summed E-state index contributed by atoms with van der Waals surface area (Å²) < 4.78 is 96.6. The van der Waals surface area contributed by atoms with E-state index >= 15 is 0 Å². The van der Waals surface area contributed by atoms with E-state index in [1.54, 1.807) is 36.5 Å². The zero-order valence-electron chi connectivity index (χ0n) is 15.8. The van der Waals surface area contributed by atoms with Gasteiger partial charge >= 0.3 is 180 Å². The van der Waals surface area contributed by atoms with Crippen LogP contribution in [0, 0.1) is 34.9 Å². The average molecular weight is 516 g/mol. The second-order valence-corrected chi connectivity index (χ2v) is 14.0. The van der Waals surface area contributed by atoms with E-state index in [0.717, 1.165) is 12.1 Å². The molecule has 2 aromatic carbocycles. The molecule has 2 aromatic rings. The van der Waals surface area contributed by atoms with Crippen LogP contribution < -0.4 is 5.63 Å². The Morgan fingerprint density at radius 2 is 1.00 bits per heavy atom. The van der Waals surface area contributed by atoms with Gasteiger partial charge in [0.2, 0.25) is 0 Å². The van der Waals surface area contributed by atoms with Crippen molar-refractivity contribution in [1.82, 2.24) is 0 Å². The number of allylic oxidation sites excluding steroid dienone is 8. The molecule has 0 saturated carbocycles. The SMILES string of the molecule is Fc1ccc([O][Zr]([O]c2ccc(F)c(F)c2F)([C]2=CC=CC2)[C]2=CC=CC2)c(F)c1F. The molecule has 0 fully saturated rings. The van der Waals surface area contributed by atoms with Gasteiger partial charge in [0.05, 0.1) is 0 Å². The monoisotopic (exact) mass is 514 g/mol. The van der Waals surface area contributed by atoms with Crippen LogP contribution >= 0.6 is 0 Å². The third kappa shape index (κ3) is 3.91. The summed E-state index contributed by atoms with van der Waals surface area (Å²) in [7, 11) is 0. The van der Waals surface area contributed by atoms with Crippen molar-refractivity contribution >= 4 is 0 Å². The minimum atomic E-state index is -5.03. The number of hydrogen-bond donors (Lipinski definition) is 0. The minimum absolute atomic E-state index is 0.323. The summed E-state index contributed by atoms with van der Waals surface area (Å²) in [6, 6.07) is 3.22. The Morgan fingerprint density at radius 1 is 0.581 bits per heavy atom. The maximum atomic E-state index is 14.5. The number of halogens is 6. The second-order valence-electron chi connectivity index (χ2n) is 6.82. The molecule has 0 N–H and O–H groups in total. The third-order valence-corrected chi connectivity index (χ3v) is 13.4. The van der Waals surface area contributed by atoms with Gasteiger partial charge in [-0.1, -0.05) is 0 Å². The van der Waals surface area contributed by atoms with Crippen molar-refractivity contribution < 1.29 is 53.1 Å². The Bertz CT molecular complexity index is 1080. The van der Waals surface area contributed by atoms with Crippen LogP contribution in [0.15, 0.2) is 67.3 Å². The van der Waals surface area contributed by atoms with E-state index in [-0.39, 0.29) is 0 Å². The van der Waals surface area contributed by atoms with Gasteiger partial charge in [0.15, 0.2) is 0 Å². The summed E-state index contributed by atoms with van der Waals surface area (Å²) in [5.74, 6) is -10.6. The first-order chi connectivity index (χ1) is 14.8. The molecule has 0 radical (unpaired) electrons. The van der Waals surface area contributed by atoms with Crippen molar-refractivity contribution in [2.45, 2.75) is 12.8 Å². The van der Waals surface area contributed by atoms with Crippen molar-refractivity contribution in [1.29, 1.82) is 0 Å². The van der Waals surface area contributed by atoms with Crippen molar-refractivity contribution in [3.05, 3.63) is 102 Å².